The van der Waals surface area contributed by atoms with Crippen LogP contribution in [0.2, 0.25) is 0 Å². The largest absolute Gasteiger partial charge is 0.317 e. The number of fused-ring (bicyclic) bond motifs is 1. The molecule has 0 saturated carbocycles. The number of aryl methyl sites for hydroxylation is 1. The number of rotatable bonds is 5. The molecule has 0 saturated heterocycles. The van der Waals surface area contributed by atoms with E-state index in [4.69, 9.17) is 0 Å². The molecule has 24 heavy (non-hydrogen) atoms. The highest BCUT2D eigenvalue weighted by Gasteiger charge is 2.07. The number of thiazole rings is 1. The number of halogens is 1. The summed E-state index contributed by atoms with van der Waals surface area (Å²) in [5.74, 6) is 0.681. The van der Waals surface area contributed by atoms with Crippen molar-refractivity contribution in [3.8, 4) is 0 Å². The van der Waals surface area contributed by atoms with Crippen molar-refractivity contribution in [2.75, 3.05) is 5.75 Å². The zero-order valence-corrected chi connectivity index (χ0v) is 16.5. The minimum atomic E-state index is -0.0637. The number of aromatic nitrogens is 1. The van der Waals surface area contributed by atoms with E-state index >= 15 is 0 Å². The number of carbonyl (C=O) groups excluding carboxylic acids is 1. The number of thioether (sulfide) groups is 1. The van der Waals surface area contributed by atoms with Crippen molar-refractivity contribution in [3.63, 3.8) is 0 Å². The first-order chi connectivity index (χ1) is 11.7. The number of hydrogen-bond donors (Lipinski definition) is 0. The maximum absolute atomic E-state index is 12.2. The van der Waals surface area contributed by atoms with Gasteiger partial charge >= 0.3 is 0 Å². The summed E-state index contributed by atoms with van der Waals surface area (Å²) in [6.07, 6.45) is 0.446. The highest BCUT2D eigenvalue weighted by Crippen LogP contribution is 2.22. The number of amides is 1. The summed E-state index contributed by atoms with van der Waals surface area (Å²) < 4.78 is 4.27. The molecule has 124 valence electrons. The molecular weight excluding hydrogens is 404 g/mol. The molecule has 0 fully saturated rings. The zero-order chi connectivity index (χ0) is 16.9. The fourth-order valence-electron chi connectivity index (χ4n) is 2.37. The Labute approximate surface area is 157 Å². The average molecular weight is 421 g/mol. The summed E-state index contributed by atoms with van der Waals surface area (Å²) in [7, 11) is 0. The Morgan fingerprint density at radius 2 is 2.04 bits per heavy atom. The summed E-state index contributed by atoms with van der Waals surface area (Å²) in [4.78, 5) is 18.5. The fraction of sp³-hybridized carbons (Fsp3) is 0.222. The molecule has 0 unspecified atom stereocenters. The Balaban J connectivity index is 1.75. The molecule has 2 aromatic carbocycles. The van der Waals surface area contributed by atoms with Crippen molar-refractivity contribution in [2.45, 2.75) is 24.8 Å². The van der Waals surface area contributed by atoms with Crippen LogP contribution in [-0.2, 0) is 11.3 Å². The zero-order valence-electron chi connectivity index (χ0n) is 13.2. The molecule has 1 aromatic heterocycles. The van der Waals surface area contributed by atoms with Crippen LogP contribution in [-0.4, -0.2) is 16.2 Å². The van der Waals surface area contributed by atoms with Gasteiger partial charge in [0.15, 0.2) is 4.80 Å². The van der Waals surface area contributed by atoms with Gasteiger partial charge in [0, 0.05) is 28.1 Å². The second kappa shape index (κ2) is 8.14. The van der Waals surface area contributed by atoms with Gasteiger partial charge in [-0.1, -0.05) is 45.5 Å². The SMILES string of the molecule is CCn1c(=NC(=O)CCSc2ccccc2)sc2cc(Br)ccc21. The van der Waals surface area contributed by atoms with E-state index in [9.17, 15) is 4.79 Å². The third-order valence-corrected chi connectivity index (χ3v) is 6.06. The summed E-state index contributed by atoms with van der Waals surface area (Å²) >= 11 is 6.74. The Morgan fingerprint density at radius 1 is 1.25 bits per heavy atom. The maximum atomic E-state index is 12.2. The fourth-order valence-corrected chi connectivity index (χ4v) is 4.90. The van der Waals surface area contributed by atoms with Gasteiger partial charge in [0.2, 0.25) is 5.91 Å². The van der Waals surface area contributed by atoms with Gasteiger partial charge in [0.05, 0.1) is 10.2 Å². The van der Waals surface area contributed by atoms with Gasteiger partial charge in [-0.15, -0.1) is 11.8 Å². The molecule has 0 radical (unpaired) electrons. The van der Waals surface area contributed by atoms with E-state index in [1.54, 1.807) is 23.1 Å². The van der Waals surface area contributed by atoms with Crippen molar-refractivity contribution in [2.24, 2.45) is 4.99 Å². The van der Waals surface area contributed by atoms with Gasteiger partial charge in [-0.2, -0.15) is 4.99 Å². The smallest absolute Gasteiger partial charge is 0.249 e. The quantitative estimate of drug-likeness (QED) is 0.538. The van der Waals surface area contributed by atoms with Crippen LogP contribution in [0.1, 0.15) is 13.3 Å². The van der Waals surface area contributed by atoms with Crippen molar-refractivity contribution in [1.82, 2.24) is 4.57 Å². The second-order valence-corrected chi connectivity index (χ2v) is 8.25. The minimum Gasteiger partial charge on any atom is -0.317 e. The molecule has 0 atom stereocenters. The van der Waals surface area contributed by atoms with Gasteiger partial charge in [-0.3, -0.25) is 4.79 Å². The number of benzene rings is 2. The Bertz CT molecular complexity index is 916. The van der Waals surface area contributed by atoms with Crippen LogP contribution in [0.4, 0.5) is 0 Å². The van der Waals surface area contributed by atoms with Crippen LogP contribution in [0.15, 0.2) is 62.9 Å². The van der Waals surface area contributed by atoms with E-state index in [1.807, 2.05) is 24.3 Å². The molecule has 0 bridgehead atoms. The lowest BCUT2D eigenvalue weighted by atomic mass is 10.3. The van der Waals surface area contributed by atoms with Gasteiger partial charge in [-0.25, -0.2) is 0 Å². The van der Waals surface area contributed by atoms with E-state index in [0.717, 1.165) is 31.8 Å². The highest BCUT2D eigenvalue weighted by atomic mass is 79.9. The number of nitrogens with zero attached hydrogens (tertiary/aromatic N) is 2. The third kappa shape index (κ3) is 4.18. The van der Waals surface area contributed by atoms with Crippen molar-refractivity contribution in [3.05, 3.63) is 57.8 Å². The lowest BCUT2D eigenvalue weighted by Gasteiger charge is -2.00. The molecule has 1 amide bonds. The van der Waals surface area contributed by atoms with Crippen molar-refractivity contribution < 1.29 is 4.79 Å². The molecule has 0 aliphatic rings. The number of carbonyl (C=O) groups is 1. The predicted molar refractivity (Wildman–Crippen MR) is 106 cm³/mol. The molecule has 0 spiro atoms. The normalized spacial score (nSPS) is 12.0. The van der Waals surface area contributed by atoms with Crippen LogP contribution >= 0.6 is 39.0 Å². The lowest BCUT2D eigenvalue weighted by molar-refractivity contribution is -0.117. The summed E-state index contributed by atoms with van der Waals surface area (Å²) in [6.45, 7) is 2.87. The minimum absolute atomic E-state index is 0.0637. The molecule has 3 nitrogen and oxygen atoms in total. The molecule has 0 aliphatic carbocycles. The topological polar surface area (TPSA) is 34.4 Å². The molecule has 1 heterocycles. The molecule has 6 heteroatoms. The van der Waals surface area contributed by atoms with E-state index < -0.39 is 0 Å². The number of hydrogen-bond acceptors (Lipinski definition) is 3. The first-order valence-electron chi connectivity index (χ1n) is 7.71. The summed E-state index contributed by atoms with van der Waals surface area (Å²) in [6, 6.07) is 16.3. The van der Waals surface area contributed by atoms with Gasteiger partial charge < -0.3 is 4.57 Å². The third-order valence-electron chi connectivity index (χ3n) is 3.51. The summed E-state index contributed by atoms with van der Waals surface area (Å²) in [5.41, 5.74) is 1.12. The maximum Gasteiger partial charge on any atom is 0.249 e. The van der Waals surface area contributed by atoms with Crippen LogP contribution in [0.3, 0.4) is 0 Å². The first-order valence-corrected chi connectivity index (χ1v) is 10.3. The van der Waals surface area contributed by atoms with Gasteiger partial charge in [0.1, 0.15) is 0 Å². The lowest BCUT2D eigenvalue weighted by Crippen LogP contribution is -2.15. The van der Waals surface area contributed by atoms with E-state index in [-0.39, 0.29) is 5.91 Å². The molecular formula is C18H17BrN2OS2. The molecule has 0 N–H and O–H groups in total. The van der Waals surface area contributed by atoms with Crippen LogP contribution in [0, 0.1) is 0 Å². The van der Waals surface area contributed by atoms with Crippen LogP contribution in [0.5, 0.6) is 0 Å². The second-order valence-electron chi connectivity index (χ2n) is 5.16. The van der Waals surface area contributed by atoms with Gasteiger partial charge in [0.25, 0.3) is 0 Å². The van der Waals surface area contributed by atoms with Crippen molar-refractivity contribution in [1.29, 1.82) is 0 Å². The highest BCUT2D eigenvalue weighted by molar-refractivity contribution is 9.10. The average Bonchev–Trinajstić information content (AvgIpc) is 2.91. The van der Waals surface area contributed by atoms with E-state index in [2.05, 4.69) is 56.7 Å². The molecule has 0 aliphatic heterocycles. The molecule has 3 rings (SSSR count). The predicted octanol–water partition coefficient (Wildman–Crippen LogP) is 5.09. The van der Waals surface area contributed by atoms with Gasteiger partial charge in [-0.05, 0) is 37.3 Å². The Kier molecular flexibility index (Phi) is 5.92. The van der Waals surface area contributed by atoms with E-state index in [1.165, 1.54) is 4.90 Å². The first kappa shape index (κ1) is 17.5. The Morgan fingerprint density at radius 3 is 2.79 bits per heavy atom. The van der Waals surface area contributed by atoms with Crippen molar-refractivity contribution >= 4 is 55.2 Å². The molecule has 3 aromatic rings. The standard InChI is InChI=1S/C18H17BrN2OS2/c1-2-21-15-9-8-13(19)12-16(15)24-18(21)20-17(22)10-11-23-14-6-4-3-5-7-14/h3-9,12H,2,10-11H2,1H3. The monoisotopic (exact) mass is 420 g/mol. The van der Waals surface area contributed by atoms with E-state index in [0.29, 0.717) is 6.42 Å². The van der Waals surface area contributed by atoms with Crippen LogP contribution < -0.4 is 4.80 Å². The Hall–Kier alpha value is -1.37. The van der Waals surface area contributed by atoms with Crippen LogP contribution in [0.25, 0.3) is 10.2 Å². The summed E-state index contributed by atoms with van der Waals surface area (Å²) in [5, 5.41) is 0.